The molecule has 0 saturated heterocycles. The van der Waals surface area contributed by atoms with E-state index in [4.69, 9.17) is 10.5 Å². The van der Waals surface area contributed by atoms with Crippen molar-refractivity contribution < 1.29 is 23.9 Å². The van der Waals surface area contributed by atoms with E-state index in [1.807, 2.05) is 38.1 Å². The van der Waals surface area contributed by atoms with Gasteiger partial charge >= 0.3 is 6.09 Å². The van der Waals surface area contributed by atoms with Crippen molar-refractivity contribution in [3.05, 3.63) is 35.4 Å². The fourth-order valence-corrected chi connectivity index (χ4v) is 4.76. The highest BCUT2D eigenvalue weighted by Gasteiger charge is 2.37. The van der Waals surface area contributed by atoms with Gasteiger partial charge in [-0.1, -0.05) is 56.9 Å². The Labute approximate surface area is 227 Å². The summed E-state index contributed by atoms with van der Waals surface area (Å²) in [5.41, 5.74) is 6.23. The molecule has 1 fully saturated rings. The van der Waals surface area contributed by atoms with E-state index < -0.39 is 35.6 Å². The van der Waals surface area contributed by atoms with E-state index in [-0.39, 0.29) is 24.8 Å². The van der Waals surface area contributed by atoms with Crippen molar-refractivity contribution in [1.29, 1.82) is 0 Å². The summed E-state index contributed by atoms with van der Waals surface area (Å²) in [6.07, 6.45) is 5.72. The molecule has 2 unspecified atom stereocenters. The number of benzene rings is 1. The van der Waals surface area contributed by atoms with Gasteiger partial charge in [0.2, 0.25) is 17.7 Å². The van der Waals surface area contributed by atoms with E-state index in [1.165, 1.54) is 0 Å². The zero-order chi connectivity index (χ0) is 28.3. The van der Waals surface area contributed by atoms with E-state index in [0.29, 0.717) is 13.0 Å². The highest BCUT2D eigenvalue weighted by atomic mass is 16.6. The minimum atomic E-state index is -1.08. The van der Waals surface area contributed by atoms with E-state index in [0.717, 1.165) is 49.7 Å². The third kappa shape index (κ3) is 9.99. The van der Waals surface area contributed by atoms with Crippen LogP contribution >= 0.6 is 0 Å². The van der Waals surface area contributed by atoms with Gasteiger partial charge in [-0.2, -0.15) is 0 Å². The molecule has 212 valence electrons. The average Bonchev–Trinajstić information content (AvgIpc) is 2.84. The molecule has 0 spiro atoms. The van der Waals surface area contributed by atoms with E-state index >= 15 is 0 Å². The van der Waals surface area contributed by atoms with Crippen LogP contribution in [-0.2, 0) is 19.1 Å². The molecule has 0 bridgehead atoms. The lowest BCUT2D eigenvalue weighted by Crippen LogP contribution is -2.54. The fourth-order valence-electron chi connectivity index (χ4n) is 4.76. The van der Waals surface area contributed by atoms with Crippen LogP contribution in [0.15, 0.2) is 24.3 Å². The number of hydrogen-bond donors (Lipinski definition) is 3. The molecule has 1 aromatic carbocycles. The first kappa shape index (κ1) is 31.1. The number of nitrogens with one attached hydrogen (secondary N) is 2. The number of unbranched alkanes of at least 4 members (excludes halogenated alkanes) is 1. The smallest absolute Gasteiger partial charge is 0.408 e. The summed E-state index contributed by atoms with van der Waals surface area (Å²) in [5.74, 6) is -1.27. The van der Waals surface area contributed by atoms with Crippen molar-refractivity contribution in [2.24, 2.45) is 5.73 Å². The average molecular weight is 531 g/mol. The fraction of sp³-hybridized carbons (Fsp3) is 0.655. The van der Waals surface area contributed by atoms with Crippen LogP contribution in [-0.4, -0.2) is 52.9 Å². The number of ether oxygens (including phenoxy) is 1. The molecule has 0 aromatic heterocycles. The first-order chi connectivity index (χ1) is 17.9. The van der Waals surface area contributed by atoms with Gasteiger partial charge in [0.05, 0.1) is 0 Å². The Balaban J connectivity index is 2.46. The number of hydrogen-bond acceptors (Lipinski definition) is 5. The molecule has 38 heavy (non-hydrogen) atoms. The molecule has 4 amide bonds. The molecule has 2 rings (SSSR count). The molecule has 9 heteroatoms. The minimum Gasteiger partial charge on any atom is -0.444 e. The SMILES string of the molecule is CCCCN(C(=O)C(CCC(N)=O)NC(=O)OC(C)(C)C)C(C(=O)NC1CCCCC1)c1ccccc1C. The number of amides is 4. The standard InChI is InChI=1S/C29H46N4O5/c1-6-7-19-33(27(36)23(17-18-24(30)34)32-28(37)38-29(3,4)5)25(22-16-12-11-13-20(22)2)26(35)31-21-14-9-8-10-15-21/h11-13,16,21,23,25H,6-10,14-15,17-19H2,1-5H3,(H2,30,34)(H,31,35)(H,32,37). The van der Waals surface area contributed by atoms with Crippen molar-refractivity contribution in [3.8, 4) is 0 Å². The molecule has 1 aromatic rings. The summed E-state index contributed by atoms with van der Waals surface area (Å²) in [7, 11) is 0. The van der Waals surface area contributed by atoms with Crippen molar-refractivity contribution in [2.75, 3.05) is 6.54 Å². The second-order valence-corrected chi connectivity index (χ2v) is 11.2. The molecule has 0 radical (unpaired) electrons. The molecule has 4 N–H and O–H groups in total. The lowest BCUT2D eigenvalue weighted by atomic mass is 9.93. The number of aryl methyl sites for hydroxylation is 1. The second kappa shape index (κ2) is 14.7. The van der Waals surface area contributed by atoms with E-state index in [2.05, 4.69) is 10.6 Å². The number of primary amides is 1. The summed E-state index contributed by atoms with van der Waals surface area (Å²) in [6, 6.07) is 5.64. The summed E-state index contributed by atoms with van der Waals surface area (Å²) in [6.45, 7) is 9.42. The van der Waals surface area contributed by atoms with Crippen LogP contribution in [0.4, 0.5) is 4.79 Å². The quantitative estimate of drug-likeness (QED) is 0.371. The van der Waals surface area contributed by atoms with E-state index in [9.17, 15) is 19.2 Å². The number of nitrogens with two attached hydrogens (primary N) is 1. The number of nitrogens with zero attached hydrogens (tertiary/aromatic N) is 1. The van der Waals surface area contributed by atoms with Gasteiger partial charge in [-0.15, -0.1) is 0 Å². The molecule has 1 saturated carbocycles. The largest absolute Gasteiger partial charge is 0.444 e. The number of carbonyl (C=O) groups is 4. The molecular formula is C29H46N4O5. The van der Waals surface area contributed by atoms with Gasteiger partial charge < -0.3 is 26.0 Å². The predicted molar refractivity (Wildman–Crippen MR) is 147 cm³/mol. The monoisotopic (exact) mass is 530 g/mol. The van der Waals surface area contributed by atoms with Crippen LogP contribution in [0.1, 0.15) is 103 Å². The zero-order valence-electron chi connectivity index (χ0n) is 23.7. The van der Waals surface area contributed by atoms with Crippen LogP contribution in [0, 0.1) is 6.92 Å². The number of carbonyl (C=O) groups excluding carboxylic acids is 4. The maximum Gasteiger partial charge on any atom is 0.408 e. The highest BCUT2D eigenvalue weighted by molar-refractivity contribution is 5.92. The molecule has 9 nitrogen and oxygen atoms in total. The number of rotatable bonds is 12. The van der Waals surface area contributed by atoms with Crippen LogP contribution in [0.25, 0.3) is 0 Å². The lowest BCUT2D eigenvalue weighted by molar-refractivity contribution is -0.143. The van der Waals surface area contributed by atoms with Crippen molar-refractivity contribution >= 4 is 23.8 Å². The highest BCUT2D eigenvalue weighted by Crippen LogP contribution is 2.28. The Morgan fingerprint density at radius 1 is 1.11 bits per heavy atom. The molecule has 0 heterocycles. The minimum absolute atomic E-state index is 0.000764. The van der Waals surface area contributed by atoms with Gasteiger partial charge in [0, 0.05) is 19.0 Å². The van der Waals surface area contributed by atoms with Gasteiger partial charge in [0.25, 0.3) is 0 Å². The van der Waals surface area contributed by atoms with Gasteiger partial charge in [0.1, 0.15) is 17.7 Å². The van der Waals surface area contributed by atoms with Crippen molar-refractivity contribution in [2.45, 2.75) is 116 Å². The lowest BCUT2D eigenvalue weighted by Gasteiger charge is -2.36. The molecule has 0 aliphatic heterocycles. The molecular weight excluding hydrogens is 484 g/mol. The normalized spacial score (nSPS) is 15.7. The van der Waals surface area contributed by atoms with Crippen LogP contribution in [0.5, 0.6) is 0 Å². The molecule has 1 aliphatic carbocycles. The Bertz CT molecular complexity index is 953. The van der Waals surface area contributed by atoms with Crippen molar-refractivity contribution in [1.82, 2.24) is 15.5 Å². The van der Waals surface area contributed by atoms with Gasteiger partial charge in [0.15, 0.2) is 0 Å². The first-order valence-corrected chi connectivity index (χ1v) is 13.9. The maximum atomic E-state index is 14.1. The van der Waals surface area contributed by atoms with Crippen LogP contribution in [0.2, 0.25) is 0 Å². The summed E-state index contributed by atoms with van der Waals surface area (Å²) in [4.78, 5) is 53.8. The maximum absolute atomic E-state index is 14.1. The molecule has 2 atom stereocenters. The Kier molecular flexibility index (Phi) is 12.1. The first-order valence-electron chi connectivity index (χ1n) is 13.9. The van der Waals surface area contributed by atoms with Gasteiger partial charge in [-0.05, 0) is 64.5 Å². The summed E-state index contributed by atoms with van der Waals surface area (Å²) < 4.78 is 5.38. The third-order valence-electron chi connectivity index (χ3n) is 6.70. The Hall–Kier alpha value is -3.10. The number of alkyl carbamates (subject to hydrolysis) is 1. The van der Waals surface area contributed by atoms with Crippen LogP contribution < -0.4 is 16.4 Å². The van der Waals surface area contributed by atoms with Gasteiger partial charge in [-0.25, -0.2) is 4.79 Å². The topological polar surface area (TPSA) is 131 Å². The van der Waals surface area contributed by atoms with E-state index in [1.54, 1.807) is 25.7 Å². The zero-order valence-corrected chi connectivity index (χ0v) is 23.7. The van der Waals surface area contributed by atoms with Crippen molar-refractivity contribution in [3.63, 3.8) is 0 Å². The van der Waals surface area contributed by atoms with Crippen LogP contribution in [0.3, 0.4) is 0 Å². The summed E-state index contributed by atoms with van der Waals surface area (Å²) >= 11 is 0. The Morgan fingerprint density at radius 2 is 1.76 bits per heavy atom. The Morgan fingerprint density at radius 3 is 2.34 bits per heavy atom. The third-order valence-corrected chi connectivity index (χ3v) is 6.70. The second-order valence-electron chi connectivity index (χ2n) is 11.2. The predicted octanol–water partition coefficient (Wildman–Crippen LogP) is 4.27. The van der Waals surface area contributed by atoms with Gasteiger partial charge in [-0.3, -0.25) is 14.4 Å². The summed E-state index contributed by atoms with van der Waals surface area (Å²) in [5, 5.41) is 5.83. The molecule has 1 aliphatic rings.